The Kier molecular flexibility index (Phi) is 4.61. The van der Waals surface area contributed by atoms with Crippen LogP contribution in [0.1, 0.15) is 47.0 Å². The Labute approximate surface area is 109 Å². The fourth-order valence-electron chi connectivity index (χ4n) is 2.15. The molecule has 0 unspecified atom stereocenters. The molecule has 1 atom stereocenters. The Bertz CT molecular complexity index is 291. The van der Waals surface area contributed by atoms with Crippen molar-refractivity contribution in [2.45, 2.75) is 64.1 Å². The van der Waals surface area contributed by atoms with Gasteiger partial charge in [-0.05, 0) is 52.9 Å². The first kappa shape index (κ1) is 15.2. The van der Waals surface area contributed by atoms with E-state index < -0.39 is 5.54 Å². The lowest BCUT2D eigenvalue weighted by Crippen LogP contribution is -2.47. The summed E-state index contributed by atoms with van der Waals surface area (Å²) in [7, 11) is 0. The van der Waals surface area contributed by atoms with Crippen LogP contribution in [0, 0.1) is 5.92 Å². The van der Waals surface area contributed by atoms with Crippen molar-refractivity contribution in [2.75, 3.05) is 6.61 Å². The molecule has 5 heteroatoms. The highest BCUT2D eigenvalue weighted by Gasteiger charge is 2.36. The van der Waals surface area contributed by atoms with E-state index in [4.69, 9.17) is 15.6 Å². The van der Waals surface area contributed by atoms with Crippen molar-refractivity contribution in [3.8, 4) is 0 Å². The van der Waals surface area contributed by atoms with E-state index in [0.717, 1.165) is 19.3 Å². The van der Waals surface area contributed by atoms with Crippen LogP contribution >= 0.6 is 0 Å². The number of alkyl carbamates (subject to hydrolysis) is 1. The summed E-state index contributed by atoms with van der Waals surface area (Å²) in [5.41, 5.74) is 5.09. The summed E-state index contributed by atoms with van der Waals surface area (Å²) < 4.78 is 5.29. The Morgan fingerprint density at radius 1 is 1.39 bits per heavy atom. The van der Waals surface area contributed by atoms with Gasteiger partial charge in [-0.1, -0.05) is 0 Å². The maximum absolute atomic E-state index is 11.5. The highest BCUT2D eigenvalue weighted by molar-refractivity contribution is 5.68. The molecule has 0 spiro atoms. The molecule has 1 rings (SSSR count). The maximum Gasteiger partial charge on any atom is 0.407 e. The summed E-state index contributed by atoms with van der Waals surface area (Å²) in [5.74, 6) is 0.444. The SMILES string of the molecule is CC(C)(C)NC(=O)OC1CC(C[C@@](C)(N)CO)C1. The number of carbonyl (C=O) groups excluding carboxylic acids is 1. The molecule has 0 aromatic rings. The number of carbonyl (C=O) groups is 1. The van der Waals surface area contributed by atoms with E-state index in [9.17, 15) is 4.79 Å². The fraction of sp³-hybridized carbons (Fsp3) is 0.923. The third kappa shape index (κ3) is 5.23. The number of rotatable bonds is 4. The average Bonchev–Trinajstić information content (AvgIpc) is 2.11. The monoisotopic (exact) mass is 258 g/mol. The van der Waals surface area contributed by atoms with Gasteiger partial charge in [0.05, 0.1) is 6.61 Å². The second-order valence-electron chi connectivity index (χ2n) is 6.76. The zero-order valence-corrected chi connectivity index (χ0v) is 11.8. The van der Waals surface area contributed by atoms with E-state index in [-0.39, 0.29) is 24.3 Å². The van der Waals surface area contributed by atoms with Crippen molar-refractivity contribution in [1.82, 2.24) is 5.32 Å². The summed E-state index contributed by atoms with van der Waals surface area (Å²) >= 11 is 0. The Morgan fingerprint density at radius 2 is 1.94 bits per heavy atom. The standard InChI is InChI=1S/C13H26N2O3/c1-12(2,3)15-11(17)18-10-5-9(6-10)7-13(4,14)8-16/h9-10,16H,5-8,14H2,1-4H3,(H,15,17)/t9?,10?,13-/m1/s1. The molecule has 106 valence electrons. The highest BCUT2D eigenvalue weighted by Crippen LogP contribution is 2.35. The van der Waals surface area contributed by atoms with Gasteiger partial charge in [0.2, 0.25) is 0 Å². The normalized spacial score (nSPS) is 27.0. The molecule has 0 bridgehead atoms. The van der Waals surface area contributed by atoms with E-state index in [1.807, 2.05) is 27.7 Å². The van der Waals surface area contributed by atoms with Crippen molar-refractivity contribution in [1.29, 1.82) is 0 Å². The molecule has 1 aliphatic rings. The van der Waals surface area contributed by atoms with Crippen molar-refractivity contribution < 1.29 is 14.6 Å². The number of aliphatic hydroxyl groups excluding tert-OH is 1. The van der Waals surface area contributed by atoms with Crippen LogP contribution in [0.15, 0.2) is 0 Å². The van der Waals surface area contributed by atoms with Gasteiger partial charge in [-0.2, -0.15) is 0 Å². The number of hydrogen-bond donors (Lipinski definition) is 3. The lowest BCUT2D eigenvalue weighted by molar-refractivity contribution is 0.00208. The molecule has 0 aliphatic heterocycles. The first-order chi connectivity index (χ1) is 8.11. The van der Waals surface area contributed by atoms with Crippen molar-refractivity contribution >= 4 is 6.09 Å². The highest BCUT2D eigenvalue weighted by atomic mass is 16.6. The van der Waals surface area contributed by atoms with E-state index >= 15 is 0 Å². The van der Waals surface area contributed by atoms with Gasteiger partial charge in [-0.3, -0.25) is 0 Å². The fourth-order valence-corrected chi connectivity index (χ4v) is 2.15. The Balaban J connectivity index is 2.21. The smallest absolute Gasteiger partial charge is 0.407 e. The number of aliphatic hydroxyl groups is 1. The first-order valence-electron chi connectivity index (χ1n) is 6.50. The van der Waals surface area contributed by atoms with Crippen LogP contribution in [0.2, 0.25) is 0 Å². The number of ether oxygens (including phenoxy) is 1. The maximum atomic E-state index is 11.5. The van der Waals surface area contributed by atoms with Crippen LogP contribution in [0.3, 0.4) is 0 Å². The first-order valence-corrected chi connectivity index (χ1v) is 6.50. The van der Waals surface area contributed by atoms with Crippen LogP contribution in [0.25, 0.3) is 0 Å². The summed E-state index contributed by atoms with van der Waals surface area (Å²) in [6.07, 6.45) is 2.08. The van der Waals surface area contributed by atoms with E-state index in [0.29, 0.717) is 5.92 Å². The number of hydrogen-bond acceptors (Lipinski definition) is 4. The summed E-state index contributed by atoms with van der Waals surface area (Å²) in [6, 6.07) is 0. The topological polar surface area (TPSA) is 84.6 Å². The third-order valence-electron chi connectivity index (χ3n) is 3.06. The van der Waals surface area contributed by atoms with Gasteiger partial charge in [0.15, 0.2) is 0 Å². The van der Waals surface area contributed by atoms with Gasteiger partial charge in [0.25, 0.3) is 0 Å². The van der Waals surface area contributed by atoms with Crippen LogP contribution in [-0.4, -0.2) is 35.0 Å². The van der Waals surface area contributed by atoms with Crippen LogP contribution in [0.4, 0.5) is 4.79 Å². The molecule has 0 radical (unpaired) electrons. The van der Waals surface area contributed by atoms with Gasteiger partial charge in [-0.25, -0.2) is 4.79 Å². The van der Waals surface area contributed by atoms with Gasteiger partial charge in [0.1, 0.15) is 6.10 Å². The Hall–Kier alpha value is -0.810. The molecular formula is C13H26N2O3. The minimum atomic E-state index is -0.524. The third-order valence-corrected chi connectivity index (χ3v) is 3.06. The number of nitrogens with two attached hydrogens (primary N) is 1. The van der Waals surface area contributed by atoms with Crippen LogP contribution in [-0.2, 0) is 4.74 Å². The zero-order chi connectivity index (χ0) is 14.0. The molecule has 0 aromatic heterocycles. The predicted octanol–water partition coefficient (Wildman–Crippen LogP) is 1.39. The molecule has 0 aromatic carbocycles. The molecule has 5 nitrogen and oxygen atoms in total. The number of nitrogens with one attached hydrogen (secondary N) is 1. The van der Waals surface area contributed by atoms with Gasteiger partial charge in [0, 0.05) is 11.1 Å². The molecule has 0 heterocycles. The Morgan fingerprint density at radius 3 is 2.39 bits per heavy atom. The van der Waals surface area contributed by atoms with Crippen LogP contribution < -0.4 is 11.1 Å². The molecule has 18 heavy (non-hydrogen) atoms. The van der Waals surface area contributed by atoms with E-state index in [1.165, 1.54) is 0 Å². The summed E-state index contributed by atoms with van der Waals surface area (Å²) in [5, 5.41) is 11.8. The van der Waals surface area contributed by atoms with Crippen molar-refractivity contribution in [3.63, 3.8) is 0 Å². The number of amides is 1. The molecule has 1 saturated carbocycles. The van der Waals surface area contributed by atoms with Crippen LogP contribution in [0.5, 0.6) is 0 Å². The summed E-state index contributed by atoms with van der Waals surface area (Å²) in [6.45, 7) is 7.57. The molecule has 0 saturated heterocycles. The molecule has 1 fully saturated rings. The average molecular weight is 258 g/mol. The van der Waals surface area contributed by atoms with Crippen molar-refractivity contribution in [3.05, 3.63) is 0 Å². The largest absolute Gasteiger partial charge is 0.446 e. The van der Waals surface area contributed by atoms with Gasteiger partial charge >= 0.3 is 6.09 Å². The molecule has 1 amide bonds. The summed E-state index contributed by atoms with van der Waals surface area (Å²) in [4.78, 5) is 11.5. The minimum Gasteiger partial charge on any atom is -0.446 e. The predicted molar refractivity (Wildman–Crippen MR) is 70.2 cm³/mol. The lowest BCUT2D eigenvalue weighted by atomic mass is 9.75. The second kappa shape index (κ2) is 5.45. The molecular weight excluding hydrogens is 232 g/mol. The molecule has 4 N–H and O–H groups in total. The van der Waals surface area contributed by atoms with E-state index in [1.54, 1.807) is 0 Å². The van der Waals surface area contributed by atoms with Gasteiger partial charge in [-0.15, -0.1) is 0 Å². The quantitative estimate of drug-likeness (QED) is 0.711. The lowest BCUT2D eigenvalue weighted by Gasteiger charge is -2.39. The molecule has 1 aliphatic carbocycles. The second-order valence-corrected chi connectivity index (χ2v) is 6.76. The van der Waals surface area contributed by atoms with Crippen molar-refractivity contribution in [2.24, 2.45) is 11.7 Å². The minimum absolute atomic E-state index is 0.00755. The van der Waals surface area contributed by atoms with E-state index in [2.05, 4.69) is 5.32 Å². The zero-order valence-electron chi connectivity index (χ0n) is 11.8. The van der Waals surface area contributed by atoms with Gasteiger partial charge < -0.3 is 20.9 Å².